The average molecular weight is 503 g/mol. The molecule has 2 aromatic carbocycles. The van der Waals surface area contributed by atoms with Crippen LogP contribution in [0.1, 0.15) is 16.1 Å². The number of benzene rings is 2. The number of hydrogen-bond donors (Lipinski definition) is 5. The first-order valence-electron chi connectivity index (χ1n) is 10.9. The van der Waals surface area contributed by atoms with Gasteiger partial charge in [0.15, 0.2) is 0 Å². The molecule has 0 saturated carbocycles. The van der Waals surface area contributed by atoms with Crippen LogP contribution in [-0.4, -0.2) is 39.6 Å². The van der Waals surface area contributed by atoms with Crippen molar-refractivity contribution in [2.24, 2.45) is 0 Å². The van der Waals surface area contributed by atoms with Crippen molar-refractivity contribution in [1.82, 2.24) is 10.3 Å². The lowest BCUT2D eigenvalue weighted by atomic mass is 10.0. The minimum Gasteiger partial charge on any atom is -0.507 e. The second-order valence-corrected chi connectivity index (χ2v) is 8.63. The van der Waals surface area contributed by atoms with Gasteiger partial charge in [0.2, 0.25) is 5.91 Å². The Kier molecular flexibility index (Phi) is 7.57. The molecule has 182 valence electrons. The van der Waals surface area contributed by atoms with E-state index in [4.69, 9.17) is 5.11 Å². The van der Waals surface area contributed by atoms with Crippen LogP contribution in [-0.2, 0) is 4.79 Å². The van der Waals surface area contributed by atoms with Gasteiger partial charge in [-0.2, -0.15) is 0 Å². The third-order valence-corrected chi connectivity index (χ3v) is 5.97. The number of phenols is 1. The van der Waals surface area contributed by atoms with Gasteiger partial charge in [-0.05, 0) is 59.0 Å². The molecule has 0 fully saturated rings. The maximum Gasteiger partial charge on any atom is 0.404 e. The molecule has 5 N–H and O–H groups in total. The molecule has 0 bridgehead atoms. The second-order valence-electron chi connectivity index (χ2n) is 7.69. The lowest BCUT2D eigenvalue weighted by Crippen LogP contribution is -2.25. The highest BCUT2D eigenvalue weighted by Crippen LogP contribution is 2.33. The normalized spacial score (nSPS) is 10.4. The van der Waals surface area contributed by atoms with Gasteiger partial charge in [0.1, 0.15) is 11.6 Å². The molecule has 10 heteroatoms. The molecule has 0 aliphatic heterocycles. The number of pyridine rings is 1. The summed E-state index contributed by atoms with van der Waals surface area (Å²) in [6.07, 6.45) is -1.20. The standard InChI is InChI=1S/C26H22N4O5S/c31-21-8-2-1-7-19(21)20-14-17(15-23(29-20)30-25(33)22-9-4-12-36-22)16-5-3-6-18(13-16)28-24(32)10-11-27-26(34)35/h1-9,12-15,27,31H,10-11H2,(H,28,32)(H,34,35)(H,29,30,33). The van der Waals surface area contributed by atoms with Crippen LogP contribution in [0.4, 0.5) is 16.3 Å². The van der Waals surface area contributed by atoms with Gasteiger partial charge in [0.25, 0.3) is 5.91 Å². The molecule has 0 aliphatic carbocycles. The average Bonchev–Trinajstić information content (AvgIpc) is 3.39. The highest BCUT2D eigenvalue weighted by Gasteiger charge is 2.14. The fraction of sp³-hybridized carbons (Fsp3) is 0.0769. The van der Waals surface area contributed by atoms with Gasteiger partial charge in [0.05, 0.1) is 10.6 Å². The molecule has 2 heterocycles. The van der Waals surface area contributed by atoms with E-state index in [2.05, 4.69) is 20.9 Å². The first-order chi connectivity index (χ1) is 17.4. The van der Waals surface area contributed by atoms with E-state index in [-0.39, 0.29) is 30.5 Å². The van der Waals surface area contributed by atoms with Gasteiger partial charge in [-0.15, -0.1) is 11.3 Å². The summed E-state index contributed by atoms with van der Waals surface area (Å²) in [5, 5.41) is 28.6. The van der Waals surface area contributed by atoms with E-state index in [0.29, 0.717) is 33.2 Å². The van der Waals surface area contributed by atoms with Gasteiger partial charge in [0, 0.05) is 24.2 Å². The van der Waals surface area contributed by atoms with Crippen molar-refractivity contribution in [2.75, 3.05) is 17.2 Å². The summed E-state index contributed by atoms with van der Waals surface area (Å²) in [6.45, 7) is 0.00242. The van der Waals surface area contributed by atoms with Crippen molar-refractivity contribution < 1.29 is 24.6 Å². The number of amides is 3. The van der Waals surface area contributed by atoms with E-state index < -0.39 is 6.09 Å². The predicted molar refractivity (Wildman–Crippen MR) is 138 cm³/mol. The Morgan fingerprint density at radius 3 is 2.47 bits per heavy atom. The van der Waals surface area contributed by atoms with Crippen molar-refractivity contribution >= 4 is 40.7 Å². The minimum atomic E-state index is -1.19. The van der Waals surface area contributed by atoms with Crippen LogP contribution in [0.25, 0.3) is 22.4 Å². The van der Waals surface area contributed by atoms with Crippen molar-refractivity contribution in [3.8, 4) is 28.1 Å². The van der Waals surface area contributed by atoms with Crippen LogP contribution in [0.15, 0.2) is 78.2 Å². The fourth-order valence-electron chi connectivity index (χ4n) is 3.46. The number of aromatic nitrogens is 1. The minimum absolute atomic E-state index is 0.00242. The van der Waals surface area contributed by atoms with Crippen LogP contribution in [0.3, 0.4) is 0 Å². The molecule has 3 amide bonds. The van der Waals surface area contributed by atoms with Crippen LogP contribution in [0, 0.1) is 0 Å². The molecule has 36 heavy (non-hydrogen) atoms. The van der Waals surface area contributed by atoms with Gasteiger partial charge < -0.3 is 26.2 Å². The predicted octanol–water partition coefficient (Wildman–Crippen LogP) is 5.03. The lowest BCUT2D eigenvalue weighted by molar-refractivity contribution is -0.116. The molecule has 2 aromatic heterocycles. The fourth-order valence-corrected chi connectivity index (χ4v) is 4.08. The van der Waals surface area contributed by atoms with Gasteiger partial charge in [-0.25, -0.2) is 9.78 Å². The number of carbonyl (C=O) groups is 3. The maximum absolute atomic E-state index is 12.7. The van der Waals surface area contributed by atoms with Crippen molar-refractivity contribution in [3.05, 3.63) is 83.1 Å². The molecule has 0 saturated heterocycles. The molecule has 9 nitrogen and oxygen atoms in total. The summed E-state index contributed by atoms with van der Waals surface area (Å²) < 4.78 is 0. The van der Waals surface area contributed by atoms with Gasteiger partial charge >= 0.3 is 6.09 Å². The Labute approximate surface area is 210 Å². The smallest absolute Gasteiger partial charge is 0.404 e. The van der Waals surface area contributed by atoms with Crippen LogP contribution < -0.4 is 16.0 Å². The Morgan fingerprint density at radius 2 is 1.72 bits per heavy atom. The van der Waals surface area contributed by atoms with Gasteiger partial charge in [-0.1, -0.05) is 30.3 Å². The Balaban J connectivity index is 1.65. The number of hydrogen-bond acceptors (Lipinski definition) is 6. The number of thiophene rings is 1. The number of anilines is 2. The second kappa shape index (κ2) is 11.2. The number of phenolic OH excluding ortho intramolecular Hbond substituents is 1. The van der Waals surface area contributed by atoms with Crippen molar-refractivity contribution in [1.29, 1.82) is 0 Å². The Bertz CT molecular complexity index is 1410. The number of nitrogens with one attached hydrogen (secondary N) is 3. The topological polar surface area (TPSA) is 141 Å². The zero-order valence-electron chi connectivity index (χ0n) is 18.9. The molecular weight excluding hydrogens is 480 g/mol. The molecule has 0 atom stereocenters. The summed E-state index contributed by atoms with van der Waals surface area (Å²) in [5.74, 6) is -0.282. The number of para-hydroxylation sites is 1. The molecule has 0 unspecified atom stereocenters. The monoisotopic (exact) mass is 502 g/mol. The third kappa shape index (κ3) is 6.24. The zero-order valence-corrected chi connectivity index (χ0v) is 19.7. The summed E-state index contributed by atoms with van der Waals surface area (Å²) in [6, 6.07) is 20.9. The number of carboxylic acid groups (broad SMARTS) is 1. The molecule has 0 radical (unpaired) electrons. The van der Waals surface area contributed by atoms with E-state index in [9.17, 15) is 19.5 Å². The number of nitrogens with zero attached hydrogens (tertiary/aromatic N) is 1. The lowest BCUT2D eigenvalue weighted by Gasteiger charge is -2.12. The number of carbonyl (C=O) groups excluding carboxylic acids is 2. The molecular formula is C26H22N4O5S. The van der Waals surface area contributed by atoms with Crippen LogP contribution in [0.2, 0.25) is 0 Å². The van der Waals surface area contributed by atoms with Crippen LogP contribution in [0.5, 0.6) is 5.75 Å². The van der Waals surface area contributed by atoms with Crippen molar-refractivity contribution in [3.63, 3.8) is 0 Å². The number of aromatic hydroxyl groups is 1. The quantitative estimate of drug-likeness (QED) is 0.229. The SMILES string of the molecule is O=C(O)NCCC(=O)Nc1cccc(-c2cc(NC(=O)c3cccs3)nc(-c3ccccc3O)c2)c1. The highest BCUT2D eigenvalue weighted by atomic mass is 32.1. The molecule has 4 rings (SSSR count). The summed E-state index contributed by atoms with van der Waals surface area (Å²) in [4.78, 5) is 40.5. The zero-order chi connectivity index (χ0) is 25.5. The summed E-state index contributed by atoms with van der Waals surface area (Å²) in [7, 11) is 0. The van der Waals surface area contributed by atoms with Crippen LogP contribution >= 0.6 is 11.3 Å². The van der Waals surface area contributed by atoms with E-state index in [1.54, 1.807) is 66.7 Å². The molecule has 0 spiro atoms. The van der Waals surface area contributed by atoms with E-state index in [1.165, 1.54) is 11.3 Å². The van der Waals surface area contributed by atoms with E-state index >= 15 is 0 Å². The largest absolute Gasteiger partial charge is 0.507 e. The van der Waals surface area contributed by atoms with E-state index in [0.717, 1.165) is 5.56 Å². The first kappa shape index (κ1) is 24.4. The van der Waals surface area contributed by atoms with Crippen molar-refractivity contribution in [2.45, 2.75) is 6.42 Å². The number of rotatable bonds is 8. The highest BCUT2D eigenvalue weighted by molar-refractivity contribution is 7.12. The molecule has 0 aliphatic rings. The Morgan fingerprint density at radius 1 is 0.889 bits per heavy atom. The summed E-state index contributed by atoms with van der Waals surface area (Å²) in [5.41, 5.74) is 2.93. The van der Waals surface area contributed by atoms with E-state index in [1.807, 2.05) is 11.4 Å². The maximum atomic E-state index is 12.7. The summed E-state index contributed by atoms with van der Waals surface area (Å²) >= 11 is 1.31. The third-order valence-electron chi connectivity index (χ3n) is 5.10. The van der Waals surface area contributed by atoms with Gasteiger partial charge in [-0.3, -0.25) is 9.59 Å². The molecule has 4 aromatic rings. The Hall–Kier alpha value is -4.70. The first-order valence-corrected chi connectivity index (χ1v) is 11.8.